The molecule has 1 amide bonds. The van der Waals surface area contributed by atoms with Gasteiger partial charge in [-0.25, -0.2) is 4.79 Å². The van der Waals surface area contributed by atoms with E-state index in [2.05, 4.69) is 10.3 Å². The molecule has 104 valence electrons. The highest BCUT2D eigenvalue weighted by molar-refractivity contribution is 5.75. The van der Waals surface area contributed by atoms with Gasteiger partial charge in [-0.05, 0) is 25.8 Å². The highest BCUT2D eigenvalue weighted by Crippen LogP contribution is 2.11. The molecule has 0 aromatic carbocycles. The van der Waals surface area contributed by atoms with Gasteiger partial charge in [-0.15, -0.1) is 0 Å². The van der Waals surface area contributed by atoms with Gasteiger partial charge in [0.05, 0.1) is 0 Å². The van der Waals surface area contributed by atoms with Crippen molar-refractivity contribution in [2.24, 2.45) is 0 Å². The minimum absolute atomic E-state index is 0.0401. The first-order valence-corrected chi connectivity index (χ1v) is 5.86. The normalized spacial score (nSPS) is 10.3. The molecule has 19 heavy (non-hydrogen) atoms. The maximum Gasteiger partial charge on any atom is 0.348 e. The number of carbonyl (C=O) groups excluding carboxylic acids is 1. The molecule has 0 atom stereocenters. The van der Waals surface area contributed by atoms with E-state index in [-0.39, 0.29) is 25.3 Å². The first kappa shape index (κ1) is 14.9. The van der Waals surface area contributed by atoms with E-state index in [0.717, 1.165) is 0 Å². The zero-order valence-electron chi connectivity index (χ0n) is 11.2. The molecule has 0 saturated heterocycles. The molecule has 7 heteroatoms. The number of carboxylic acids is 1. The molecule has 1 aromatic heterocycles. The molecule has 0 bridgehead atoms. The average molecular weight is 267 g/mol. The van der Waals surface area contributed by atoms with E-state index in [4.69, 9.17) is 5.11 Å². The largest absolute Gasteiger partial charge is 0.481 e. The number of nitrogens with zero attached hydrogens (tertiary/aromatic N) is 2. The molecule has 0 aliphatic rings. The first-order valence-electron chi connectivity index (χ1n) is 5.86. The summed E-state index contributed by atoms with van der Waals surface area (Å²) in [5.41, 5.74) is 1.29. The topological polar surface area (TPSA) is 101 Å². The van der Waals surface area contributed by atoms with Crippen LogP contribution in [0.1, 0.15) is 23.4 Å². The Labute approximate surface area is 110 Å². The standard InChI is InChI=1S/C12H17N3O4/c1-7-9(4-5-11(17)18)8(2)15(12(19)14-7)6-10(16)13-3/h4-6H2,1-3H3,(H,13,16)(H,17,18). The van der Waals surface area contributed by atoms with E-state index in [0.29, 0.717) is 17.0 Å². The van der Waals surface area contributed by atoms with Gasteiger partial charge in [-0.3, -0.25) is 14.2 Å². The van der Waals surface area contributed by atoms with Gasteiger partial charge in [0.15, 0.2) is 0 Å². The lowest BCUT2D eigenvalue weighted by molar-refractivity contribution is -0.137. The van der Waals surface area contributed by atoms with Crippen molar-refractivity contribution in [3.63, 3.8) is 0 Å². The predicted molar refractivity (Wildman–Crippen MR) is 68.0 cm³/mol. The van der Waals surface area contributed by atoms with Crippen LogP contribution in [-0.4, -0.2) is 33.6 Å². The minimum atomic E-state index is -0.914. The zero-order chi connectivity index (χ0) is 14.6. The number of rotatable bonds is 5. The number of carboxylic acid groups (broad SMARTS) is 1. The molecule has 0 aliphatic heterocycles. The van der Waals surface area contributed by atoms with Crippen LogP contribution in [0.5, 0.6) is 0 Å². The fourth-order valence-electron chi connectivity index (χ4n) is 1.84. The van der Waals surface area contributed by atoms with E-state index >= 15 is 0 Å². The zero-order valence-corrected chi connectivity index (χ0v) is 11.2. The molecule has 1 heterocycles. The molecule has 0 fully saturated rings. The Hall–Kier alpha value is -2.18. The molecule has 2 N–H and O–H groups in total. The third kappa shape index (κ3) is 3.64. The quantitative estimate of drug-likeness (QED) is 0.757. The molecule has 0 radical (unpaired) electrons. The van der Waals surface area contributed by atoms with E-state index in [9.17, 15) is 14.4 Å². The Morgan fingerprint density at radius 1 is 1.37 bits per heavy atom. The Morgan fingerprint density at radius 2 is 2.00 bits per heavy atom. The molecular weight excluding hydrogens is 250 g/mol. The van der Waals surface area contributed by atoms with Crippen LogP contribution in [0.4, 0.5) is 0 Å². The molecular formula is C12H17N3O4. The first-order chi connectivity index (χ1) is 8.86. The monoisotopic (exact) mass is 267 g/mol. The van der Waals surface area contributed by atoms with Crippen molar-refractivity contribution in [2.45, 2.75) is 33.2 Å². The van der Waals surface area contributed by atoms with Crippen LogP contribution in [0.15, 0.2) is 4.79 Å². The van der Waals surface area contributed by atoms with Crippen molar-refractivity contribution < 1.29 is 14.7 Å². The van der Waals surface area contributed by atoms with E-state index in [1.54, 1.807) is 13.8 Å². The maximum atomic E-state index is 11.8. The van der Waals surface area contributed by atoms with Crippen molar-refractivity contribution in [1.29, 1.82) is 0 Å². The van der Waals surface area contributed by atoms with Crippen LogP contribution < -0.4 is 11.0 Å². The summed E-state index contributed by atoms with van der Waals surface area (Å²) < 4.78 is 1.25. The number of aryl methyl sites for hydroxylation is 1. The number of carbonyl (C=O) groups is 2. The summed E-state index contributed by atoms with van der Waals surface area (Å²) in [6.45, 7) is 3.24. The number of likely N-dealkylation sites (N-methyl/N-ethyl adjacent to an activating group) is 1. The summed E-state index contributed by atoms with van der Waals surface area (Å²) in [4.78, 5) is 37.6. The van der Waals surface area contributed by atoms with Crippen molar-refractivity contribution in [3.05, 3.63) is 27.4 Å². The van der Waals surface area contributed by atoms with Gasteiger partial charge in [0, 0.05) is 24.9 Å². The number of aromatic nitrogens is 2. The Bertz CT molecular complexity index is 563. The summed E-state index contributed by atoms with van der Waals surface area (Å²) in [7, 11) is 1.48. The fourth-order valence-corrected chi connectivity index (χ4v) is 1.84. The summed E-state index contributed by atoms with van der Waals surface area (Å²) in [6.07, 6.45) is 0.246. The lowest BCUT2D eigenvalue weighted by Crippen LogP contribution is -2.34. The van der Waals surface area contributed by atoms with Gasteiger partial charge in [-0.1, -0.05) is 0 Å². The lowest BCUT2D eigenvalue weighted by atomic mass is 10.1. The van der Waals surface area contributed by atoms with Crippen LogP contribution in [-0.2, 0) is 22.6 Å². The van der Waals surface area contributed by atoms with Gasteiger partial charge >= 0.3 is 11.7 Å². The van der Waals surface area contributed by atoms with Crippen molar-refractivity contribution in [2.75, 3.05) is 7.05 Å². The van der Waals surface area contributed by atoms with Crippen LogP contribution >= 0.6 is 0 Å². The Kier molecular flexibility index (Phi) is 4.80. The Balaban J connectivity index is 3.18. The van der Waals surface area contributed by atoms with E-state index in [1.807, 2.05) is 0 Å². The molecule has 0 saturated carbocycles. The number of amides is 1. The van der Waals surface area contributed by atoms with Crippen molar-refractivity contribution >= 4 is 11.9 Å². The Morgan fingerprint density at radius 3 is 2.53 bits per heavy atom. The maximum absolute atomic E-state index is 11.8. The summed E-state index contributed by atoms with van der Waals surface area (Å²) in [6, 6.07) is 0. The lowest BCUT2D eigenvalue weighted by Gasteiger charge is -2.14. The number of hydrogen-bond acceptors (Lipinski definition) is 4. The summed E-state index contributed by atoms with van der Waals surface area (Å²) in [5, 5.41) is 11.1. The smallest absolute Gasteiger partial charge is 0.348 e. The molecule has 0 aliphatic carbocycles. The van der Waals surface area contributed by atoms with Crippen LogP contribution in [0, 0.1) is 13.8 Å². The number of nitrogens with one attached hydrogen (secondary N) is 1. The number of hydrogen-bond donors (Lipinski definition) is 2. The predicted octanol–water partition coefficient (Wildman–Crippen LogP) is -0.377. The van der Waals surface area contributed by atoms with Crippen LogP contribution in [0.25, 0.3) is 0 Å². The SMILES string of the molecule is CNC(=O)Cn1c(C)c(CCC(=O)O)c(C)nc1=O. The second-order valence-electron chi connectivity index (χ2n) is 4.20. The summed E-state index contributed by atoms with van der Waals surface area (Å²) >= 11 is 0. The van der Waals surface area contributed by atoms with Crippen LogP contribution in [0.2, 0.25) is 0 Å². The molecule has 7 nitrogen and oxygen atoms in total. The van der Waals surface area contributed by atoms with Gasteiger partial charge in [0.25, 0.3) is 0 Å². The van der Waals surface area contributed by atoms with E-state index in [1.165, 1.54) is 11.6 Å². The molecule has 0 spiro atoms. The van der Waals surface area contributed by atoms with E-state index < -0.39 is 11.7 Å². The summed E-state index contributed by atoms with van der Waals surface area (Å²) in [5.74, 6) is -1.22. The number of aliphatic carboxylic acids is 1. The van der Waals surface area contributed by atoms with Gasteiger partial charge < -0.3 is 10.4 Å². The highest BCUT2D eigenvalue weighted by atomic mass is 16.4. The van der Waals surface area contributed by atoms with Crippen molar-refractivity contribution in [3.8, 4) is 0 Å². The van der Waals surface area contributed by atoms with Gasteiger partial charge in [0.1, 0.15) is 6.54 Å². The molecule has 0 unspecified atom stereocenters. The second-order valence-corrected chi connectivity index (χ2v) is 4.20. The van der Waals surface area contributed by atoms with Gasteiger partial charge in [-0.2, -0.15) is 4.98 Å². The third-order valence-electron chi connectivity index (χ3n) is 2.94. The fraction of sp³-hybridized carbons (Fsp3) is 0.500. The minimum Gasteiger partial charge on any atom is -0.481 e. The molecule has 1 rings (SSSR count). The van der Waals surface area contributed by atoms with Crippen molar-refractivity contribution in [1.82, 2.24) is 14.9 Å². The van der Waals surface area contributed by atoms with Gasteiger partial charge in [0.2, 0.25) is 5.91 Å². The third-order valence-corrected chi connectivity index (χ3v) is 2.94. The highest BCUT2D eigenvalue weighted by Gasteiger charge is 2.14. The average Bonchev–Trinajstić information content (AvgIpc) is 2.33. The molecule has 1 aromatic rings. The van der Waals surface area contributed by atoms with Crippen LogP contribution in [0.3, 0.4) is 0 Å². The second kappa shape index (κ2) is 6.12.